The highest BCUT2D eigenvalue weighted by Gasteiger charge is 2.06. The van der Waals surface area contributed by atoms with E-state index in [1.54, 1.807) is 0 Å². The summed E-state index contributed by atoms with van der Waals surface area (Å²) >= 11 is 4.95. The Bertz CT molecular complexity index is 186. The molecule has 0 N–H and O–H groups in total. The molecule has 0 radical (unpaired) electrons. The maximum Gasteiger partial charge on any atom is 0.330 e. The molecule has 5 heteroatoms. The van der Waals surface area contributed by atoms with Crippen LogP contribution in [0.15, 0.2) is 12.7 Å². The largest absolute Gasteiger partial charge is 0.460 e. The van der Waals surface area contributed by atoms with Gasteiger partial charge in [0.25, 0.3) is 0 Å². The average Bonchev–Trinajstić information content (AvgIpc) is 2.12. The third kappa shape index (κ3) is 9.44. The molecule has 2 nitrogen and oxygen atoms in total. The van der Waals surface area contributed by atoms with Crippen molar-refractivity contribution in [2.24, 2.45) is 0 Å². The van der Waals surface area contributed by atoms with E-state index in [1.165, 1.54) is 18.5 Å². The second kappa shape index (κ2) is 9.14. The second-order valence-electron chi connectivity index (χ2n) is 3.13. The minimum atomic E-state index is -0.310. The number of rotatable bonds is 7. The molecule has 0 aliphatic heterocycles. The molecule has 0 amide bonds. The van der Waals surface area contributed by atoms with Crippen LogP contribution in [-0.4, -0.2) is 23.1 Å². The monoisotopic (exact) mass is 438 g/mol. The Balaban J connectivity index is 3.39. The summed E-state index contributed by atoms with van der Waals surface area (Å²) in [7, 11) is 0.0836. The van der Waals surface area contributed by atoms with Crippen LogP contribution >= 0.6 is 45.2 Å². The normalized spacial score (nSPS) is 13.4. The topological polar surface area (TPSA) is 26.3 Å². The highest BCUT2D eigenvalue weighted by Crippen LogP contribution is 2.12. The predicted octanol–water partition coefficient (Wildman–Crippen LogP) is 2.63. The lowest BCUT2D eigenvalue weighted by molar-refractivity contribution is -0.142. The van der Waals surface area contributed by atoms with Crippen LogP contribution in [0.5, 0.6) is 0 Å². The fraction of sp³-hybridized carbons (Fsp3) is 0.667. The summed E-state index contributed by atoms with van der Waals surface area (Å²) in [5, 5.41) is 0. The van der Waals surface area contributed by atoms with Crippen molar-refractivity contribution >= 4 is 60.7 Å². The molecule has 0 rings (SSSR count). The smallest absolute Gasteiger partial charge is 0.330 e. The molecule has 0 bridgehead atoms. The number of hydrogen-bond acceptors (Lipinski definition) is 2. The van der Waals surface area contributed by atoms with Gasteiger partial charge in [-0.3, -0.25) is 0 Å². The molecule has 0 aliphatic rings. The molecule has 82 valence electrons. The van der Waals surface area contributed by atoms with E-state index in [1.807, 2.05) is 6.92 Å². The van der Waals surface area contributed by atoms with Gasteiger partial charge < -0.3 is 4.74 Å². The first-order valence-corrected chi connectivity index (χ1v) is 8.98. The van der Waals surface area contributed by atoms with E-state index in [2.05, 4.69) is 51.8 Å². The van der Waals surface area contributed by atoms with E-state index in [0.29, 0.717) is 0 Å². The summed E-state index contributed by atoms with van der Waals surface area (Å²) in [6.07, 6.45) is 3.42. The summed E-state index contributed by atoms with van der Waals surface area (Å²) in [5.74, 6) is -0.310. The van der Waals surface area contributed by atoms with Crippen molar-refractivity contribution in [2.45, 2.75) is 33.5 Å². The van der Waals surface area contributed by atoms with Crippen LogP contribution < -0.4 is 0 Å². The third-order valence-corrected chi connectivity index (χ3v) is 6.85. The molecule has 1 atom stereocenters. The van der Waals surface area contributed by atoms with Gasteiger partial charge >= 0.3 is 5.97 Å². The molecule has 0 aromatic carbocycles. The van der Waals surface area contributed by atoms with E-state index in [9.17, 15) is 4.79 Å². The second-order valence-corrected chi connectivity index (χ2v) is 13.9. The van der Waals surface area contributed by atoms with Gasteiger partial charge in [-0.15, -0.1) is 0 Å². The molecule has 0 aromatic rings. The Morgan fingerprint density at radius 3 is 2.79 bits per heavy atom. The summed E-state index contributed by atoms with van der Waals surface area (Å²) in [6, 6.07) is 1.34. The number of hydrogen-bond donors (Lipinski definition) is 0. The molecule has 14 heavy (non-hydrogen) atoms. The molecule has 0 fully saturated rings. The zero-order valence-electron chi connectivity index (χ0n) is 8.34. The van der Waals surface area contributed by atoms with Crippen LogP contribution in [0, 0.1) is 0 Å². The Morgan fingerprint density at radius 1 is 1.64 bits per heavy atom. The summed E-state index contributed by atoms with van der Waals surface area (Å²) in [4.78, 5) is 10.8. The zero-order chi connectivity index (χ0) is 11.0. The number of halogens is 2. The molecule has 0 heterocycles. The van der Waals surface area contributed by atoms with Gasteiger partial charge in [-0.05, 0) is 13.3 Å². The van der Waals surface area contributed by atoms with Crippen LogP contribution in [0.4, 0.5) is 0 Å². The minimum absolute atomic E-state index is 0.0383. The van der Waals surface area contributed by atoms with Crippen LogP contribution in [-0.2, 0) is 9.53 Å². The van der Waals surface area contributed by atoms with E-state index >= 15 is 0 Å². The van der Waals surface area contributed by atoms with Crippen molar-refractivity contribution in [3.63, 3.8) is 0 Å². The van der Waals surface area contributed by atoms with Gasteiger partial charge in [0.15, 0.2) is 0 Å². The lowest BCUT2D eigenvalue weighted by Crippen LogP contribution is -2.13. The van der Waals surface area contributed by atoms with Crippen molar-refractivity contribution in [3.05, 3.63) is 12.7 Å². The van der Waals surface area contributed by atoms with Crippen molar-refractivity contribution in [1.29, 1.82) is 0 Å². The third-order valence-electron chi connectivity index (χ3n) is 1.77. The van der Waals surface area contributed by atoms with Gasteiger partial charge in [0.05, 0.1) is 6.10 Å². The van der Waals surface area contributed by atoms with Gasteiger partial charge in [-0.2, -0.15) is 0 Å². The SMILES string of the molecule is C=CC(=O)OC(C)CCC[SiH2]C(I)I. The quantitative estimate of drug-likeness (QED) is 0.153. The maximum atomic E-state index is 10.8. The highest BCUT2D eigenvalue weighted by molar-refractivity contribution is 14.2. The highest BCUT2D eigenvalue weighted by atomic mass is 127. The van der Waals surface area contributed by atoms with Gasteiger partial charge in [-0.1, -0.05) is 64.2 Å². The van der Waals surface area contributed by atoms with Crippen molar-refractivity contribution in [1.82, 2.24) is 0 Å². The first kappa shape index (κ1) is 14.9. The van der Waals surface area contributed by atoms with Crippen LogP contribution in [0.1, 0.15) is 19.8 Å². The molecule has 0 aliphatic carbocycles. The molecule has 0 saturated carbocycles. The Kier molecular flexibility index (Phi) is 9.72. The Hall–Kier alpha value is 0.887. The van der Waals surface area contributed by atoms with Crippen LogP contribution in [0.25, 0.3) is 0 Å². The van der Waals surface area contributed by atoms with Crippen molar-refractivity contribution in [2.75, 3.05) is 0 Å². The van der Waals surface area contributed by atoms with E-state index < -0.39 is 0 Å². The molecule has 1 unspecified atom stereocenters. The lowest BCUT2D eigenvalue weighted by atomic mass is 10.2. The van der Waals surface area contributed by atoms with E-state index in [4.69, 9.17) is 4.74 Å². The first-order valence-electron chi connectivity index (χ1n) is 4.67. The number of carbonyl (C=O) groups excluding carboxylic acids is 1. The predicted molar refractivity (Wildman–Crippen MR) is 80.2 cm³/mol. The summed E-state index contributed by atoms with van der Waals surface area (Å²) < 4.78 is 5.90. The van der Waals surface area contributed by atoms with Crippen molar-refractivity contribution in [3.8, 4) is 0 Å². The first-order chi connectivity index (χ1) is 6.56. The zero-order valence-corrected chi connectivity index (χ0v) is 14.1. The van der Waals surface area contributed by atoms with Crippen molar-refractivity contribution < 1.29 is 9.53 Å². The molecule has 0 spiro atoms. The number of esters is 1. The fourth-order valence-electron chi connectivity index (χ4n) is 1.04. The van der Waals surface area contributed by atoms with Crippen LogP contribution in [0.2, 0.25) is 6.04 Å². The van der Waals surface area contributed by atoms with E-state index in [-0.39, 0.29) is 21.6 Å². The number of ether oxygens (including phenoxy) is 1. The molecular formula is C9H16I2O2Si. The van der Waals surface area contributed by atoms with Gasteiger partial charge in [0, 0.05) is 17.2 Å². The number of carbonyl (C=O) groups is 1. The summed E-state index contributed by atoms with van der Waals surface area (Å²) in [6.45, 7) is 5.30. The van der Waals surface area contributed by atoms with Gasteiger partial charge in [0.1, 0.15) is 0 Å². The number of alkyl halides is 2. The van der Waals surface area contributed by atoms with Gasteiger partial charge in [-0.25, -0.2) is 4.79 Å². The van der Waals surface area contributed by atoms with E-state index in [0.717, 1.165) is 7.98 Å². The Morgan fingerprint density at radius 2 is 2.29 bits per heavy atom. The molecular weight excluding hydrogens is 422 g/mol. The standard InChI is InChI=1S/C9H16I2O2Si/c1-3-8(12)13-7(2)5-4-6-14-9(10)11/h3,7,9H,1,4-6,14H2,2H3. The van der Waals surface area contributed by atoms with Gasteiger partial charge in [0.2, 0.25) is 0 Å². The Labute approximate surface area is 115 Å². The lowest BCUT2D eigenvalue weighted by Gasteiger charge is -2.11. The van der Waals surface area contributed by atoms with Crippen LogP contribution in [0.3, 0.4) is 0 Å². The molecule has 0 aromatic heterocycles. The maximum absolute atomic E-state index is 10.8. The molecule has 0 saturated heterocycles. The fourth-order valence-corrected chi connectivity index (χ4v) is 4.56. The average molecular weight is 438 g/mol. The summed E-state index contributed by atoms with van der Waals surface area (Å²) in [5.41, 5.74) is 0. The minimum Gasteiger partial charge on any atom is -0.460 e.